The second-order valence-corrected chi connectivity index (χ2v) is 4.78. The zero-order valence-electron chi connectivity index (χ0n) is 11.3. The van der Waals surface area contributed by atoms with Crippen molar-refractivity contribution in [1.29, 1.82) is 0 Å². The van der Waals surface area contributed by atoms with Gasteiger partial charge in [-0.1, -0.05) is 13.3 Å². The molecule has 1 aromatic heterocycles. The Morgan fingerprint density at radius 2 is 1.89 bits per heavy atom. The first-order chi connectivity index (χ1) is 8.47. The fourth-order valence-electron chi connectivity index (χ4n) is 2.39. The van der Waals surface area contributed by atoms with Crippen molar-refractivity contribution in [2.24, 2.45) is 0 Å². The van der Waals surface area contributed by atoms with Gasteiger partial charge in [-0.3, -0.25) is 0 Å². The van der Waals surface area contributed by atoms with Crippen LogP contribution >= 0.6 is 0 Å². The topological polar surface area (TPSA) is 50.4 Å². The molecule has 0 bridgehead atoms. The van der Waals surface area contributed by atoms with Crippen LogP contribution in [-0.2, 0) is 6.42 Å². The van der Waals surface area contributed by atoms with Gasteiger partial charge in [0.05, 0.1) is 0 Å². The summed E-state index contributed by atoms with van der Waals surface area (Å²) in [6.07, 6.45) is 1.59. The molecule has 0 aliphatic carbocycles. The molecule has 3 heteroatoms. The molecule has 18 heavy (non-hydrogen) atoms. The third-order valence-electron chi connectivity index (χ3n) is 3.50. The first-order valence-corrected chi connectivity index (χ1v) is 6.22. The van der Waals surface area contributed by atoms with Crippen LogP contribution in [0.25, 0.3) is 11.0 Å². The Bertz CT molecular complexity index is 666. The molecule has 2 rings (SSSR count). The van der Waals surface area contributed by atoms with Gasteiger partial charge in [-0.05, 0) is 44.4 Å². The van der Waals surface area contributed by atoms with Crippen LogP contribution in [-0.4, -0.2) is 5.11 Å². The fraction of sp³-hybridized carbons (Fsp3) is 0.400. The van der Waals surface area contributed by atoms with Gasteiger partial charge >= 0.3 is 5.63 Å². The molecule has 1 N–H and O–H groups in total. The number of fused-ring (bicyclic) bond motifs is 1. The van der Waals surface area contributed by atoms with Crippen molar-refractivity contribution in [1.82, 2.24) is 0 Å². The minimum absolute atomic E-state index is 0.216. The summed E-state index contributed by atoms with van der Waals surface area (Å²) in [5.41, 5.74) is 3.48. The molecule has 0 unspecified atom stereocenters. The maximum Gasteiger partial charge on any atom is 0.339 e. The van der Waals surface area contributed by atoms with Crippen LogP contribution in [0.5, 0.6) is 5.75 Å². The van der Waals surface area contributed by atoms with Gasteiger partial charge in [0.25, 0.3) is 0 Å². The average Bonchev–Trinajstić information content (AvgIpc) is 2.30. The van der Waals surface area contributed by atoms with Crippen LogP contribution in [0.1, 0.15) is 35.6 Å². The molecule has 0 spiro atoms. The number of hydrogen-bond donors (Lipinski definition) is 1. The Hall–Kier alpha value is -1.77. The maximum atomic E-state index is 11.8. The van der Waals surface area contributed by atoms with Crippen LogP contribution < -0.4 is 5.63 Å². The van der Waals surface area contributed by atoms with Gasteiger partial charge in [0.15, 0.2) is 0 Å². The number of hydrogen-bond acceptors (Lipinski definition) is 3. The Balaban J connectivity index is 2.99. The minimum Gasteiger partial charge on any atom is -0.508 e. The van der Waals surface area contributed by atoms with Crippen molar-refractivity contribution >= 4 is 11.0 Å². The number of phenolic OH excluding ortho intramolecular Hbond substituents is 1. The minimum atomic E-state index is -0.317. The van der Waals surface area contributed by atoms with E-state index in [-0.39, 0.29) is 11.4 Å². The van der Waals surface area contributed by atoms with E-state index in [4.69, 9.17) is 4.42 Å². The Morgan fingerprint density at radius 1 is 1.22 bits per heavy atom. The molecule has 0 radical (unpaired) electrons. The second-order valence-electron chi connectivity index (χ2n) is 4.78. The van der Waals surface area contributed by atoms with E-state index in [1.54, 1.807) is 13.0 Å². The molecular weight excluding hydrogens is 228 g/mol. The molecule has 2 aromatic rings. The van der Waals surface area contributed by atoms with Crippen molar-refractivity contribution in [3.8, 4) is 5.75 Å². The SMILES string of the molecule is CCCc1c(O)cc(C)c2c(C)c(C)c(=O)oc12. The normalized spacial score (nSPS) is 11.1. The van der Waals surface area contributed by atoms with Crippen molar-refractivity contribution in [2.75, 3.05) is 0 Å². The quantitative estimate of drug-likeness (QED) is 0.826. The van der Waals surface area contributed by atoms with Crippen LogP contribution in [0.2, 0.25) is 0 Å². The molecular formula is C15H18O3. The van der Waals surface area contributed by atoms with Gasteiger partial charge in [-0.2, -0.15) is 0 Å². The molecule has 0 saturated carbocycles. The Labute approximate surface area is 106 Å². The van der Waals surface area contributed by atoms with E-state index in [2.05, 4.69) is 0 Å². The van der Waals surface area contributed by atoms with Crippen LogP contribution in [0.4, 0.5) is 0 Å². The standard InChI is InChI=1S/C15H18O3/c1-5-6-11-12(16)7-8(2)13-9(3)10(4)15(17)18-14(11)13/h7,16H,5-6H2,1-4H3. The van der Waals surface area contributed by atoms with E-state index < -0.39 is 0 Å². The summed E-state index contributed by atoms with van der Waals surface area (Å²) >= 11 is 0. The molecule has 3 nitrogen and oxygen atoms in total. The highest BCUT2D eigenvalue weighted by molar-refractivity contribution is 5.88. The van der Waals surface area contributed by atoms with Gasteiger partial charge in [-0.15, -0.1) is 0 Å². The lowest BCUT2D eigenvalue weighted by Crippen LogP contribution is -2.07. The van der Waals surface area contributed by atoms with E-state index in [1.807, 2.05) is 20.8 Å². The Kier molecular flexibility index (Phi) is 3.16. The molecule has 0 saturated heterocycles. The first-order valence-electron chi connectivity index (χ1n) is 6.22. The number of aryl methyl sites for hydroxylation is 3. The lowest BCUT2D eigenvalue weighted by molar-refractivity contribution is 0.463. The highest BCUT2D eigenvalue weighted by Gasteiger charge is 2.16. The second kappa shape index (κ2) is 4.48. The zero-order valence-corrected chi connectivity index (χ0v) is 11.3. The summed E-state index contributed by atoms with van der Waals surface area (Å²) in [7, 11) is 0. The molecule has 0 fully saturated rings. The van der Waals surface area contributed by atoms with Crippen molar-refractivity contribution < 1.29 is 9.52 Å². The molecule has 1 aromatic carbocycles. The van der Waals surface area contributed by atoms with Gasteiger partial charge in [0.2, 0.25) is 0 Å². The summed E-state index contributed by atoms with van der Waals surface area (Å²) in [6.45, 7) is 7.65. The summed E-state index contributed by atoms with van der Waals surface area (Å²) < 4.78 is 5.40. The smallest absolute Gasteiger partial charge is 0.339 e. The summed E-state index contributed by atoms with van der Waals surface area (Å²) in [6, 6.07) is 1.75. The molecule has 0 atom stereocenters. The summed E-state index contributed by atoms with van der Waals surface area (Å²) in [5.74, 6) is 0.216. The van der Waals surface area contributed by atoms with Crippen LogP contribution in [0.15, 0.2) is 15.3 Å². The van der Waals surface area contributed by atoms with Gasteiger partial charge in [-0.25, -0.2) is 4.79 Å². The number of benzene rings is 1. The molecule has 0 amide bonds. The van der Waals surface area contributed by atoms with E-state index in [0.29, 0.717) is 17.6 Å². The van der Waals surface area contributed by atoms with Crippen LogP contribution in [0.3, 0.4) is 0 Å². The zero-order chi connectivity index (χ0) is 13.4. The van der Waals surface area contributed by atoms with Gasteiger partial charge in [0, 0.05) is 16.5 Å². The third kappa shape index (κ3) is 1.80. The monoisotopic (exact) mass is 246 g/mol. The van der Waals surface area contributed by atoms with Crippen molar-refractivity contribution in [3.63, 3.8) is 0 Å². The number of aromatic hydroxyl groups is 1. The lowest BCUT2D eigenvalue weighted by Gasteiger charge is -2.12. The highest BCUT2D eigenvalue weighted by atomic mass is 16.4. The van der Waals surface area contributed by atoms with E-state index >= 15 is 0 Å². The largest absolute Gasteiger partial charge is 0.508 e. The van der Waals surface area contributed by atoms with Gasteiger partial charge in [0.1, 0.15) is 11.3 Å². The molecule has 0 aliphatic rings. The fourth-order valence-corrected chi connectivity index (χ4v) is 2.39. The number of phenols is 1. The molecule has 0 aliphatic heterocycles. The Morgan fingerprint density at radius 3 is 2.50 bits per heavy atom. The lowest BCUT2D eigenvalue weighted by atomic mass is 9.97. The van der Waals surface area contributed by atoms with E-state index in [1.165, 1.54) is 0 Å². The highest BCUT2D eigenvalue weighted by Crippen LogP contribution is 2.33. The van der Waals surface area contributed by atoms with Crippen molar-refractivity contribution in [2.45, 2.75) is 40.5 Å². The predicted octanol–water partition coefficient (Wildman–Crippen LogP) is 3.38. The summed E-state index contributed by atoms with van der Waals surface area (Å²) in [5, 5.41) is 11.0. The summed E-state index contributed by atoms with van der Waals surface area (Å²) in [4.78, 5) is 11.8. The molecule has 96 valence electrons. The van der Waals surface area contributed by atoms with E-state index in [0.717, 1.165) is 28.5 Å². The first kappa shape index (κ1) is 12.7. The van der Waals surface area contributed by atoms with E-state index in [9.17, 15) is 9.90 Å². The number of rotatable bonds is 2. The van der Waals surface area contributed by atoms with Crippen LogP contribution in [0, 0.1) is 20.8 Å². The third-order valence-corrected chi connectivity index (χ3v) is 3.50. The molecule has 1 heterocycles. The predicted molar refractivity (Wildman–Crippen MR) is 72.4 cm³/mol. The van der Waals surface area contributed by atoms with Crippen molar-refractivity contribution in [3.05, 3.63) is 38.7 Å². The average molecular weight is 246 g/mol. The van der Waals surface area contributed by atoms with Gasteiger partial charge < -0.3 is 9.52 Å². The maximum absolute atomic E-state index is 11.8.